The molecule has 0 saturated carbocycles. The molecule has 0 aliphatic carbocycles. The number of halogens is 1. The van der Waals surface area contributed by atoms with Gasteiger partial charge in [0.15, 0.2) is 12.4 Å². The zero-order valence-electron chi connectivity index (χ0n) is 12.7. The smallest absolute Gasteiger partial charge is 0.341 e. The van der Waals surface area contributed by atoms with Crippen LogP contribution in [0.3, 0.4) is 0 Å². The van der Waals surface area contributed by atoms with Gasteiger partial charge in [0.2, 0.25) is 5.78 Å². The maximum atomic E-state index is 13.8. The van der Waals surface area contributed by atoms with E-state index in [4.69, 9.17) is 13.9 Å². The molecule has 0 unspecified atom stereocenters. The van der Waals surface area contributed by atoms with Crippen molar-refractivity contribution in [2.75, 3.05) is 13.7 Å². The average molecular weight is 328 g/mol. The van der Waals surface area contributed by atoms with Gasteiger partial charge in [0.05, 0.1) is 12.7 Å². The van der Waals surface area contributed by atoms with Gasteiger partial charge in [-0.3, -0.25) is 4.79 Å². The number of Topliss-reactive ketones (excluding diaryl/α,β-unsaturated/α-hetero) is 1. The third-order valence-electron chi connectivity index (χ3n) is 3.43. The molecular weight excluding hydrogens is 315 g/mol. The lowest BCUT2D eigenvalue weighted by molar-refractivity contribution is 0.0463. The molecular formula is C18H13FO5. The van der Waals surface area contributed by atoms with Crippen LogP contribution in [-0.4, -0.2) is 25.5 Å². The summed E-state index contributed by atoms with van der Waals surface area (Å²) < 4.78 is 28.9. The summed E-state index contributed by atoms with van der Waals surface area (Å²) in [5, 5.41) is 0.772. The Balaban J connectivity index is 1.68. The van der Waals surface area contributed by atoms with Gasteiger partial charge in [-0.25, -0.2) is 9.18 Å². The van der Waals surface area contributed by atoms with E-state index in [1.807, 2.05) is 6.07 Å². The predicted molar refractivity (Wildman–Crippen MR) is 83.8 cm³/mol. The Hall–Kier alpha value is -3.15. The van der Waals surface area contributed by atoms with Crippen molar-refractivity contribution in [1.82, 2.24) is 0 Å². The van der Waals surface area contributed by atoms with Crippen LogP contribution in [0.1, 0.15) is 20.9 Å². The Kier molecular flexibility index (Phi) is 4.29. The first kappa shape index (κ1) is 15.7. The van der Waals surface area contributed by atoms with Gasteiger partial charge in [-0.2, -0.15) is 0 Å². The fourth-order valence-electron chi connectivity index (χ4n) is 2.19. The van der Waals surface area contributed by atoms with Crippen molar-refractivity contribution in [1.29, 1.82) is 0 Å². The molecule has 0 bridgehead atoms. The minimum Gasteiger partial charge on any atom is -0.497 e. The topological polar surface area (TPSA) is 65.7 Å². The molecule has 122 valence electrons. The van der Waals surface area contributed by atoms with Gasteiger partial charge in [-0.1, -0.05) is 18.2 Å². The minimum atomic E-state index is -0.931. The van der Waals surface area contributed by atoms with Crippen LogP contribution in [0, 0.1) is 5.82 Å². The number of esters is 1. The van der Waals surface area contributed by atoms with Crippen molar-refractivity contribution in [3.05, 3.63) is 65.7 Å². The second kappa shape index (κ2) is 6.54. The average Bonchev–Trinajstić information content (AvgIpc) is 3.03. The standard InChI is InChI=1S/C18H13FO5/c1-22-12-6-7-13(14(19)9-12)18(21)23-10-15(20)17-8-11-4-2-3-5-16(11)24-17/h2-9H,10H2,1H3. The molecule has 0 fully saturated rings. The van der Waals surface area contributed by atoms with Gasteiger partial charge in [-0.15, -0.1) is 0 Å². The lowest BCUT2D eigenvalue weighted by atomic mass is 10.2. The molecule has 2 aromatic carbocycles. The molecule has 0 saturated heterocycles. The molecule has 0 N–H and O–H groups in total. The van der Waals surface area contributed by atoms with Crippen LogP contribution in [0.2, 0.25) is 0 Å². The number of carbonyl (C=O) groups excluding carboxylic acids is 2. The lowest BCUT2D eigenvalue weighted by Crippen LogP contribution is -2.14. The molecule has 1 aromatic heterocycles. The highest BCUT2D eigenvalue weighted by molar-refractivity contribution is 6.00. The van der Waals surface area contributed by atoms with Gasteiger partial charge < -0.3 is 13.9 Å². The summed E-state index contributed by atoms with van der Waals surface area (Å²) in [4.78, 5) is 23.9. The van der Waals surface area contributed by atoms with Gasteiger partial charge in [0, 0.05) is 11.5 Å². The molecule has 24 heavy (non-hydrogen) atoms. The van der Waals surface area contributed by atoms with E-state index in [-0.39, 0.29) is 17.1 Å². The first-order chi connectivity index (χ1) is 11.6. The van der Waals surface area contributed by atoms with Crippen molar-refractivity contribution >= 4 is 22.7 Å². The van der Waals surface area contributed by atoms with Gasteiger partial charge in [-0.05, 0) is 24.3 Å². The van der Waals surface area contributed by atoms with E-state index in [0.29, 0.717) is 5.58 Å². The van der Waals surface area contributed by atoms with Crippen LogP contribution < -0.4 is 4.74 Å². The molecule has 3 aromatic rings. The maximum absolute atomic E-state index is 13.8. The third kappa shape index (κ3) is 3.12. The molecule has 0 radical (unpaired) electrons. The van der Waals surface area contributed by atoms with E-state index in [2.05, 4.69) is 0 Å². The van der Waals surface area contributed by atoms with E-state index < -0.39 is 24.2 Å². The summed E-state index contributed by atoms with van der Waals surface area (Å²) in [6, 6.07) is 12.4. The van der Waals surface area contributed by atoms with Crippen molar-refractivity contribution in [3.63, 3.8) is 0 Å². The van der Waals surface area contributed by atoms with Crippen molar-refractivity contribution < 1.29 is 27.9 Å². The summed E-state index contributed by atoms with van der Waals surface area (Å²) in [6.45, 7) is -0.538. The zero-order valence-corrected chi connectivity index (χ0v) is 12.7. The lowest BCUT2D eigenvalue weighted by Gasteiger charge is -2.05. The number of rotatable bonds is 5. The van der Waals surface area contributed by atoms with E-state index in [1.54, 1.807) is 24.3 Å². The van der Waals surface area contributed by atoms with Gasteiger partial charge >= 0.3 is 5.97 Å². The first-order valence-corrected chi connectivity index (χ1v) is 7.11. The van der Waals surface area contributed by atoms with E-state index in [1.165, 1.54) is 19.2 Å². The van der Waals surface area contributed by atoms with Crippen LogP contribution in [0.4, 0.5) is 4.39 Å². The second-order valence-electron chi connectivity index (χ2n) is 4.99. The monoisotopic (exact) mass is 328 g/mol. The Bertz CT molecular complexity index is 880. The third-order valence-corrected chi connectivity index (χ3v) is 3.43. The Morgan fingerprint density at radius 3 is 2.62 bits per heavy atom. The molecule has 5 nitrogen and oxygen atoms in total. The quantitative estimate of drug-likeness (QED) is 0.529. The van der Waals surface area contributed by atoms with Gasteiger partial charge in [0.1, 0.15) is 17.1 Å². The van der Waals surface area contributed by atoms with Gasteiger partial charge in [0.25, 0.3) is 0 Å². The molecule has 0 amide bonds. The van der Waals surface area contributed by atoms with Crippen LogP contribution in [0.25, 0.3) is 11.0 Å². The Labute approximate surface area is 136 Å². The summed E-state index contributed by atoms with van der Waals surface area (Å²) in [5.74, 6) is -1.86. The minimum absolute atomic E-state index is 0.0826. The van der Waals surface area contributed by atoms with E-state index in [0.717, 1.165) is 11.5 Å². The Morgan fingerprint density at radius 1 is 1.12 bits per heavy atom. The molecule has 0 spiro atoms. The zero-order chi connectivity index (χ0) is 17.1. The van der Waals surface area contributed by atoms with Crippen molar-refractivity contribution in [3.8, 4) is 5.75 Å². The number of furan rings is 1. The van der Waals surface area contributed by atoms with E-state index in [9.17, 15) is 14.0 Å². The number of ether oxygens (including phenoxy) is 2. The fourth-order valence-corrected chi connectivity index (χ4v) is 2.19. The van der Waals surface area contributed by atoms with E-state index >= 15 is 0 Å². The summed E-state index contributed by atoms with van der Waals surface area (Å²) >= 11 is 0. The SMILES string of the molecule is COc1ccc(C(=O)OCC(=O)c2cc3ccccc3o2)c(F)c1. The second-order valence-corrected chi connectivity index (χ2v) is 4.99. The molecule has 6 heteroatoms. The van der Waals surface area contributed by atoms with Crippen LogP contribution in [0.5, 0.6) is 5.75 Å². The molecule has 1 heterocycles. The normalized spacial score (nSPS) is 10.6. The number of benzene rings is 2. The number of ketones is 1. The van der Waals surface area contributed by atoms with Crippen LogP contribution in [0.15, 0.2) is 52.9 Å². The molecule has 3 rings (SSSR count). The summed E-state index contributed by atoms with van der Waals surface area (Å²) in [7, 11) is 1.39. The van der Waals surface area contributed by atoms with Crippen LogP contribution in [-0.2, 0) is 4.74 Å². The number of para-hydroxylation sites is 1. The largest absolute Gasteiger partial charge is 0.497 e. The Morgan fingerprint density at radius 2 is 1.92 bits per heavy atom. The molecule has 0 atom stereocenters. The van der Waals surface area contributed by atoms with Crippen molar-refractivity contribution in [2.45, 2.75) is 0 Å². The van der Waals surface area contributed by atoms with Crippen LogP contribution >= 0.6 is 0 Å². The highest BCUT2D eigenvalue weighted by atomic mass is 19.1. The summed E-state index contributed by atoms with van der Waals surface area (Å²) in [6.07, 6.45) is 0. The number of fused-ring (bicyclic) bond motifs is 1. The number of carbonyl (C=O) groups is 2. The maximum Gasteiger partial charge on any atom is 0.341 e. The summed E-state index contributed by atoms with van der Waals surface area (Å²) in [5.41, 5.74) is 0.293. The predicted octanol–water partition coefficient (Wildman–Crippen LogP) is 3.62. The number of hydrogen-bond donors (Lipinski definition) is 0. The highest BCUT2D eigenvalue weighted by Crippen LogP contribution is 2.20. The number of methoxy groups -OCH3 is 1. The molecule has 0 aliphatic heterocycles. The number of hydrogen-bond acceptors (Lipinski definition) is 5. The molecule has 0 aliphatic rings. The van der Waals surface area contributed by atoms with Crippen molar-refractivity contribution in [2.24, 2.45) is 0 Å². The first-order valence-electron chi connectivity index (χ1n) is 7.11. The highest BCUT2D eigenvalue weighted by Gasteiger charge is 2.18. The fraction of sp³-hybridized carbons (Fsp3) is 0.111.